The fourth-order valence-corrected chi connectivity index (χ4v) is 1.88. The molecule has 18 heavy (non-hydrogen) atoms. The lowest BCUT2D eigenvalue weighted by Crippen LogP contribution is -2.01. The van der Waals surface area contributed by atoms with Crippen molar-refractivity contribution in [1.29, 1.82) is 0 Å². The molecule has 0 aliphatic carbocycles. The van der Waals surface area contributed by atoms with E-state index in [-0.39, 0.29) is 5.97 Å². The first-order valence-corrected chi connectivity index (χ1v) is 5.66. The van der Waals surface area contributed by atoms with Crippen LogP contribution in [0.4, 0.5) is 5.69 Å². The average molecular weight is 241 g/mol. The Morgan fingerprint density at radius 1 is 1.17 bits per heavy atom. The van der Waals surface area contributed by atoms with Crippen LogP contribution in [0.5, 0.6) is 0 Å². The minimum Gasteiger partial charge on any atom is -0.465 e. The number of hydrogen-bond donors (Lipinski definition) is 1. The largest absolute Gasteiger partial charge is 0.465 e. The second-order valence-corrected chi connectivity index (χ2v) is 4.15. The number of anilines is 1. The van der Waals surface area contributed by atoms with Crippen molar-refractivity contribution < 1.29 is 9.53 Å². The highest BCUT2D eigenvalue weighted by Gasteiger charge is 2.09. The molecule has 0 saturated heterocycles. The molecular weight excluding hydrogens is 226 g/mol. The van der Waals surface area contributed by atoms with E-state index < -0.39 is 0 Å². The van der Waals surface area contributed by atoms with Crippen molar-refractivity contribution >= 4 is 11.7 Å². The number of aryl methyl sites for hydroxylation is 1. The summed E-state index contributed by atoms with van der Waals surface area (Å²) in [7, 11) is 1.38. The topological polar surface area (TPSA) is 52.3 Å². The second kappa shape index (κ2) is 4.92. The molecule has 0 aliphatic rings. The van der Waals surface area contributed by atoms with E-state index >= 15 is 0 Å². The summed E-state index contributed by atoms with van der Waals surface area (Å²) in [6.45, 7) is 2.00. The molecule has 0 aromatic heterocycles. The Morgan fingerprint density at radius 3 is 2.61 bits per heavy atom. The number of methoxy groups -OCH3 is 1. The molecule has 0 atom stereocenters. The molecule has 3 heteroatoms. The van der Waals surface area contributed by atoms with Gasteiger partial charge in [0.2, 0.25) is 0 Å². The number of carbonyl (C=O) groups excluding carboxylic acids is 1. The van der Waals surface area contributed by atoms with Gasteiger partial charge in [0.05, 0.1) is 12.7 Å². The van der Waals surface area contributed by atoms with Gasteiger partial charge in [0.15, 0.2) is 0 Å². The number of carbonyl (C=O) groups is 1. The van der Waals surface area contributed by atoms with Crippen molar-refractivity contribution in [3.63, 3.8) is 0 Å². The maximum atomic E-state index is 11.5. The van der Waals surface area contributed by atoms with E-state index in [1.54, 1.807) is 6.07 Å². The highest BCUT2D eigenvalue weighted by Crippen LogP contribution is 2.26. The van der Waals surface area contributed by atoms with E-state index in [9.17, 15) is 4.79 Å². The van der Waals surface area contributed by atoms with Gasteiger partial charge < -0.3 is 10.5 Å². The monoisotopic (exact) mass is 241 g/mol. The van der Waals surface area contributed by atoms with Crippen LogP contribution >= 0.6 is 0 Å². The van der Waals surface area contributed by atoms with Crippen LogP contribution in [0, 0.1) is 6.92 Å². The molecule has 0 amide bonds. The number of ether oxygens (including phenoxy) is 1. The Labute approximate surface area is 106 Å². The Morgan fingerprint density at radius 2 is 1.94 bits per heavy atom. The van der Waals surface area contributed by atoms with Crippen molar-refractivity contribution in [1.82, 2.24) is 0 Å². The lowest BCUT2D eigenvalue weighted by Gasteiger charge is -2.09. The first-order valence-electron chi connectivity index (χ1n) is 5.66. The van der Waals surface area contributed by atoms with Crippen molar-refractivity contribution in [3.05, 3.63) is 53.6 Å². The third kappa shape index (κ3) is 2.35. The predicted octanol–water partition coefficient (Wildman–Crippen LogP) is 3.03. The van der Waals surface area contributed by atoms with Crippen LogP contribution in [0.25, 0.3) is 11.1 Å². The summed E-state index contributed by atoms with van der Waals surface area (Å²) in [6.07, 6.45) is 0. The van der Waals surface area contributed by atoms with Crippen LogP contribution in [-0.4, -0.2) is 13.1 Å². The highest BCUT2D eigenvalue weighted by atomic mass is 16.5. The fourth-order valence-electron chi connectivity index (χ4n) is 1.88. The first kappa shape index (κ1) is 12.2. The molecule has 0 spiro atoms. The van der Waals surface area contributed by atoms with Gasteiger partial charge in [-0.25, -0.2) is 4.79 Å². The summed E-state index contributed by atoms with van der Waals surface area (Å²) in [4.78, 5) is 11.5. The minimum absolute atomic E-state index is 0.333. The van der Waals surface area contributed by atoms with Crippen molar-refractivity contribution in [2.45, 2.75) is 6.92 Å². The van der Waals surface area contributed by atoms with Crippen LogP contribution in [0.1, 0.15) is 15.9 Å². The number of rotatable bonds is 2. The number of benzene rings is 2. The van der Waals surface area contributed by atoms with E-state index in [1.165, 1.54) is 7.11 Å². The van der Waals surface area contributed by atoms with Gasteiger partial charge in [0, 0.05) is 5.69 Å². The van der Waals surface area contributed by atoms with E-state index in [2.05, 4.69) is 0 Å². The first-order chi connectivity index (χ1) is 8.61. The molecular formula is C15H15NO2. The summed E-state index contributed by atoms with van der Waals surface area (Å²) in [5.74, 6) is -0.333. The van der Waals surface area contributed by atoms with Gasteiger partial charge in [-0.2, -0.15) is 0 Å². The molecule has 3 nitrogen and oxygen atoms in total. The molecule has 0 radical (unpaired) electrons. The van der Waals surface area contributed by atoms with Gasteiger partial charge in [-0.1, -0.05) is 18.2 Å². The third-order valence-electron chi connectivity index (χ3n) is 2.86. The SMILES string of the molecule is COC(=O)c1ccc(C)c(-c2cccc(N)c2)c1. The highest BCUT2D eigenvalue weighted by molar-refractivity contribution is 5.91. The summed E-state index contributed by atoms with van der Waals surface area (Å²) < 4.78 is 4.73. The number of nitrogens with two attached hydrogens (primary N) is 1. The quantitative estimate of drug-likeness (QED) is 0.649. The zero-order valence-corrected chi connectivity index (χ0v) is 10.4. The van der Waals surface area contributed by atoms with Crippen LogP contribution in [0.15, 0.2) is 42.5 Å². The molecule has 2 aromatic rings. The molecule has 0 aliphatic heterocycles. The van der Waals surface area contributed by atoms with E-state index in [0.717, 1.165) is 16.7 Å². The molecule has 2 N–H and O–H groups in total. The zero-order valence-electron chi connectivity index (χ0n) is 10.4. The molecule has 92 valence electrons. The third-order valence-corrected chi connectivity index (χ3v) is 2.86. The summed E-state index contributed by atoms with van der Waals surface area (Å²) in [5.41, 5.74) is 10.1. The molecule has 0 unspecified atom stereocenters. The van der Waals surface area contributed by atoms with Crippen molar-refractivity contribution in [3.8, 4) is 11.1 Å². The van der Waals surface area contributed by atoms with Crippen LogP contribution in [0.2, 0.25) is 0 Å². The van der Waals surface area contributed by atoms with Gasteiger partial charge in [-0.05, 0) is 47.9 Å². The standard InChI is InChI=1S/C15H15NO2/c1-10-6-7-12(15(17)18-2)9-14(10)11-4-3-5-13(16)8-11/h3-9H,16H2,1-2H3. The minimum atomic E-state index is -0.333. The Balaban J connectivity index is 2.53. The zero-order chi connectivity index (χ0) is 13.1. The summed E-state index contributed by atoms with van der Waals surface area (Å²) in [6, 6.07) is 13.1. The molecule has 0 saturated carbocycles. The smallest absolute Gasteiger partial charge is 0.337 e. The average Bonchev–Trinajstić information content (AvgIpc) is 2.38. The summed E-state index contributed by atoms with van der Waals surface area (Å²) in [5, 5.41) is 0. The summed E-state index contributed by atoms with van der Waals surface area (Å²) >= 11 is 0. The second-order valence-electron chi connectivity index (χ2n) is 4.15. The molecule has 0 bridgehead atoms. The molecule has 0 heterocycles. The number of esters is 1. The Kier molecular flexibility index (Phi) is 3.33. The number of hydrogen-bond acceptors (Lipinski definition) is 3. The fraction of sp³-hybridized carbons (Fsp3) is 0.133. The van der Waals surface area contributed by atoms with Gasteiger partial charge in [0.1, 0.15) is 0 Å². The normalized spacial score (nSPS) is 10.1. The maximum Gasteiger partial charge on any atom is 0.337 e. The lowest BCUT2D eigenvalue weighted by atomic mass is 9.98. The molecule has 2 aromatic carbocycles. The van der Waals surface area contributed by atoms with Gasteiger partial charge in [-0.15, -0.1) is 0 Å². The predicted molar refractivity (Wildman–Crippen MR) is 72.4 cm³/mol. The van der Waals surface area contributed by atoms with E-state index in [0.29, 0.717) is 11.3 Å². The van der Waals surface area contributed by atoms with E-state index in [4.69, 9.17) is 10.5 Å². The van der Waals surface area contributed by atoms with E-state index in [1.807, 2.05) is 43.3 Å². The van der Waals surface area contributed by atoms with Crippen molar-refractivity contribution in [2.24, 2.45) is 0 Å². The van der Waals surface area contributed by atoms with Gasteiger partial charge in [0.25, 0.3) is 0 Å². The Bertz CT molecular complexity index is 591. The van der Waals surface area contributed by atoms with Crippen LogP contribution < -0.4 is 5.73 Å². The number of nitrogen functional groups attached to an aromatic ring is 1. The Hall–Kier alpha value is -2.29. The molecule has 2 rings (SSSR count). The maximum absolute atomic E-state index is 11.5. The lowest BCUT2D eigenvalue weighted by molar-refractivity contribution is 0.0601. The molecule has 0 fully saturated rings. The van der Waals surface area contributed by atoms with Crippen LogP contribution in [-0.2, 0) is 4.74 Å². The van der Waals surface area contributed by atoms with Gasteiger partial charge in [-0.3, -0.25) is 0 Å². The van der Waals surface area contributed by atoms with Crippen LogP contribution in [0.3, 0.4) is 0 Å². The van der Waals surface area contributed by atoms with Crippen molar-refractivity contribution in [2.75, 3.05) is 12.8 Å². The van der Waals surface area contributed by atoms with Gasteiger partial charge >= 0.3 is 5.97 Å².